The van der Waals surface area contributed by atoms with Gasteiger partial charge in [-0.15, -0.1) is 0 Å². The lowest BCUT2D eigenvalue weighted by Gasteiger charge is -2.39. The summed E-state index contributed by atoms with van der Waals surface area (Å²) in [6.45, 7) is 6.35. The Kier molecular flexibility index (Phi) is 5.22. The third-order valence-corrected chi connectivity index (χ3v) is 3.37. The van der Waals surface area contributed by atoms with E-state index in [-0.39, 0.29) is 11.9 Å². The Morgan fingerprint density at radius 3 is 2.50 bits per heavy atom. The average Bonchev–Trinajstić information content (AvgIpc) is 2.23. The zero-order valence-corrected chi connectivity index (χ0v) is 10.7. The van der Waals surface area contributed by atoms with Gasteiger partial charge < -0.3 is 5.73 Å². The van der Waals surface area contributed by atoms with E-state index in [0.29, 0.717) is 12.1 Å². The molecule has 1 fully saturated rings. The van der Waals surface area contributed by atoms with Crippen LogP contribution < -0.4 is 11.2 Å². The molecule has 1 amide bonds. The smallest absolute Gasteiger partial charge is 0.251 e. The van der Waals surface area contributed by atoms with E-state index in [1.54, 1.807) is 0 Å². The first-order chi connectivity index (χ1) is 7.56. The lowest BCUT2D eigenvalue weighted by atomic mass is 10.00. The number of nitrogens with two attached hydrogens (primary N) is 1. The van der Waals surface area contributed by atoms with E-state index in [2.05, 4.69) is 24.3 Å². The van der Waals surface area contributed by atoms with Crippen molar-refractivity contribution in [1.29, 1.82) is 0 Å². The molecule has 1 rings (SSSR count). The van der Waals surface area contributed by atoms with Crippen LogP contribution in [0.3, 0.4) is 0 Å². The lowest BCUT2D eigenvalue weighted by molar-refractivity contribution is -0.130. The Hall–Kier alpha value is -0.610. The van der Waals surface area contributed by atoms with Crippen LogP contribution >= 0.6 is 0 Å². The third kappa shape index (κ3) is 3.46. The molecular weight excluding hydrogens is 202 g/mol. The number of piperidine rings is 1. The quantitative estimate of drug-likeness (QED) is 0.763. The second kappa shape index (κ2) is 6.21. The topological polar surface area (TPSA) is 58.4 Å². The molecule has 94 valence electrons. The predicted molar refractivity (Wildman–Crippen MR) is 65.6 cm³/mol. The Bertz CT molecular complexity index is 222. The number of carbonyl (C=O) groups excluding carboxylic acids is 1. The van der Waals surface area contributed by atoms with Crippen LogP contribution in [0.15, 0.2) is 0 Å². The van der Waals surface area contributed by atoms with Gasteiger partial charge in [-0.1, -0.05) is 19.8 Å². The molecular formula is C12H25N3O. The van der Waals surface area contributed by atoms with Crippen molar-refractivity contribution in [1.82, 2.24) is 10.4 Å². The maximum atomic E-state index is 11.8. The summed E-state index contributed by atoms with van der Waals surface area (Å²) in [5.41, 5.74) is 8.77. The largest absolute Gasteiger partial charge is 0.320 e. The van der Waals surface area contributed by atoms with Crippen molar-refractivity contribution in [3.63, 3.8) is 0 Å². The molecule has 0 saturated carbocycles. The molecule has 1 aliphatic rings. The molecule has 16 heavy (non-hydrogen) atoms. The third-order valence-electron chi connectivity index (χ3n) is 3.37. The second-order valence-electron chi connectivity index (χ2n) is 4.91. The highest BCUT2D eigenvalue weighted by Crippen LogP contribution is 2.20. The maximum Gasteiger partial charge on any atom is 0.251 e. The highest BCUT2D eigenvalue weighted by Gasteiger charge is 2.27. The van der Waals surface area contributed by atoms with Crippen molar-refractivity contribution in [3.05, 3.63) is 0 Å². The zero-order valence-electron chi connectivity index (χ0n) is 10.7. The first-order valence-electron chi connectivity index (χ1n) is 6.40. The van der Waals surface area contributed by atoms with E-state index < -0.39 is 0 Å². The number of nitrogens with zero attached hydrogens (tertiary/aromatic N) is 1. The summed E-state index contributed by atoms with van der Waals surface area (Å²) in [7, 11) is 0. The van der Waals surface area contributed by atoms with Gasteiger partial charge >= 0.3 is 0 Å². The van der Waals surface area contributed by atoms with Crippen LogP contribution in [0, 0.1) is 0 Å². The summed E-state index contributed by atoms with van der Waals surface area (Å²) < 4.78 is 0. The molecule has 1 heterocycles. The standard InChI is InChI=1S/C12H25N3O/c1-4-6-11(13)12(16)14-15-9(2)7-5-8-10(15)3/h9-11H,4-8,13H2,1-3H3,(H,14,16)/t9?,10?,11-/m0/s1. The first kappa shape index (κ1) is 13.5. The summed E-state index contributed by atoms with van der Waals surface area (Å²) in [6.07, 6.45) is 5.24. The fourth-order valence-corrected chi connectivity index (χ4v) is 2.29. The van der Waals surface area contributed by atoms with E-state index >= 15 is 0 Å². The minimum Gasteiger partial charge on any atom is -0.320 e. The van der Waals surface area contributed by atoms with Crippen LogP contribution in [0.4, 0.5) is 0 Å². The normalized spacial score (nSPS) is 28.8. The minimum absolute atomic E-state index is 0.0394. The van der Waals surface area contributed by atoms with Gasteiger partial charge in [0.25, 0.3) is 5.91 Å². The molecule has 3 N–H and O–H groups in total. The average molecular weight is 227 g/mol. The molecule has 0 aliphatic carbocycles. The number of hydrogen-bond acceptors (Lipinski definition) is 3. The van der Waals surface area contributed by atoms with Gasteiger partial charge in [0.1, 0.15) is 0 Å². The van der Waals surface area contributed by atoms with Crippen LogP contribution in [-0.4, -0.2) is 29.0 Å². The molecule has 0 aromatic carbocycles. The summed E-state index contributed by atoms with van der Waals surface area (Å²) in [6, 6.07) is 0.467. The lowest BCUT2D eigenvalue weighted by Crippen LogP contribution is -2.57. The van der Waals surface area contributed by atoms with Gasteiger partial charge in [0.15, 0.2) is 0 Å². The van der Waals surface area contributed by atoms with Gasteiger partial charge in [-0.2, -0.15) is 0 Å². The van der Waals surface area contributed by atoms with Crippen LogP contribution in [-0.2, 0) is 4.79 Å². The van der Waals surface area contributed by atoms with Gasteiger partial charge in [-0.05, 0) is 33.1 Å². The predicted octanol–water partition coefficient (Wildman–Crippen LogP) is 1.41. The summed E-state index contributed by atoms with van der Waals surface area (Å²) in [5.74, 6) is -0.0394. The van der Waals surface area contributed by atoms with Crippen molar-refractivity contribution in [3.8, 4) is 0 Å². The number of nitrogens with one attached hydrogen (secondary N) is 1. The number of hydrogen-bond donors (Lipinski definition) is 2. The SMILES string of the molecule is CCC[C@H](N)C(=O)NN1C(C)CCCC1C. The molecule has 2 unspecified atom stereocenters. The molecule has 0 radical (unpaired) electrons. The molecule has 0 bridgehead atoms. The number of amides is 1. The Morgan fingerprint density at radius 1 is 1.44 bits per heavy atom. The molecule has 1 saturated heterocycles. The van der Waals surface area contributed by atoms with E-state index in [9.17, 15) is 4.79 Å². The molecule has 3 atom stereocenters. The monoisotopic (exact) mass is 227 g/mol. The molecule has 4 nitrogen and oxygen atoms in total. The molecule has 0 aromatic heterocycles. The molecule has 0 aromatic rings. The van der Waals surface area contributed by atoms with Gasteiger partial charge in [0, 0.05) is 12.1 Å². The van der Waals surface area contributed by atoms with Crippen molar-refractivity contribution in [2.24, 2.45) is 5.73 Å². The van der Waals surface area contributed by atoms with Gasteiger partial charge in [0.05, 0.1) is 6.04 Å². The Balaban J connectivity index is 2.47. The fourth-order valence-electron chi connectivity index (χ4n) is 2.29. The zero-order chi connectivity index (χ0) is 12.1. The van der Waals surface area contributed by atoms with Crippen molar-refractivity contribution in [2.45, 2.75) is 71.0 Å². The minimum atomic E-state index is -0.369. The van der Waals surface area contributed by atoms with E-state index in [1.165, 1.54) is 6.42 Å². The summed E-state index contributed by atoms with van der Waals surface area (Å²) in [4.78, 5) is 11.8. The van der Waals surface area contributed by atoms with Crippen LogP contribution in [0.2, 0.25) is 0 Å². The number of rotatable bonds is 4. The maximum absolute atomic E-state index is 11.8. The van der Waals surface area contributed by atoms with Crippen molar-refractivity contribution in [2.75, 3.05) is 0 Å². The Morgan fingerprint density at radius 2 is 2.00 bits per heavy atom. The van der Waals surface area contributed by atoms with Crippen LogP contribution in [0.5, 0.6) is 0 Å². The molecule has 1 aliphatic heterocycles. The van der Waals surface area contributed by atoms with Gasteiger partial charge in [-0.25, -0.2) is 5.01 Å². The molecule has 4 heteroatoms. The van der Waals surface area contributed by atoms with Crippen LogP contribution in [0.1, 0.15) is 52.9 Å². The van der Waals surface area contributed by atoms with Gasteiger partial charge in [-0.3, -0.25) is 10.2 Å². The number of hydrazine groups is 1. The molecule has 0 spiro atoms. The second-order valence-corrected chi connectivity index (χ2v) is 4.91. The van der Waals surface area contributed by atoms with E-state index in [0.717, 1.165) is 25.7 Å². The van der Waals surface area contributed by atoms with Gasteiger partial charge in [0.2, 0.25) is 0 Å². The highest BCUT2D eigenvalue weighted by molar-refractivity contribution is 5.80. The van der Waals surface area contributed by atoms with Crippen molar-refractivity contribution >= 4 is 5.91 Å². The fraction of sp³-hybridized carbons (Fsp3) is 0.917. The number of carbonyl (C=O) groups is 1. The van der Waals surface area contributed by atoms with E-state index in [4.69, 9.17) is 5.73 Å². The summed E-state index contributed by atoms with van der Waals surface area (Å²) in [5, 5.41) is 2.07. The first-order valence-corrected chi connectivity index (χ1v) is 6.40. The highest BCUT2D eigenvalue weighted by atomic mass is 16.2. The van der Waals surface area contributed by atoms with Crippen molar-refractivity contribution < 1.29 is 4.79 Å². The summed E-state index contributed by atoms with van der Waals surface area (Å²) >= 11 is 0. The Labute approximate surface area is 98.5 Å². The van der Waals surface area contributed by atoms with Crippen LogP contribution in [0.25, 0.3) is 0 Å². The van der Waals surface area contributed by atoms with E-state index in [1.807, 2.05) is 6.92 Å².